The van der Waals surface area contributed by atoms with Gasteiger partial charge in [-0.15, -0.1) is 11.3 Å². The number of halogens is 1. The van der Waals surface area contributed by atoms with Crippen LogP contribution in [0.1, 0.15) is 5.69 Å². The SMILES string of the molecule is CS(=O)(=O)c1cccc(-c2ccc(-c3cc(CNc4ccnc(=S)[nH]4)nn3-c3ccccc3Cl)s2)c1. The third-order valence-electron chi connectivity index (χ3n) is 5.38. The van der Waals surface area contributed by atoms with Crippen molar-refractivity contribution in [2.75, 3.05) is 11.6 Å². The molecule has 0 aliphatic rings. The zero-order valence-electron chi connectivity index (χ0n) is 19.0. The Morgan fingerprint density at radius 1 is 1.06 bits per heavy atom. The number of rotatable bonds is 7. The Morgan fingerprint density at radius 2 is 1.86 bits per heavy atom. The minimum atomic E-state index is -3.30. The van der Waals surface area contributed by atoms with Crippen LogP contribution in [-0.4, -0.2) is 34.4 Å². The van der Waals surface area contributed by atoms with Gasteiger partial charge in [0.05, 0.1) is 38.4 Å². The third kappa shape index (κ3) is 5.26. The van der Waals surface area contributed by atoms with Gasteiger partial charge in [-0.1, -0.05) is 35.9 Å². The number of sulfone groups is 1. The molecule has 5 rings (SSSR count). The van der Waals surface area contributed by atoms with Gasteiger partial charge in [-0.05, 0) is 66.3 Å². The number of nitrogens with one attached hydrogen (secondary N) is 2. The number of hydrogen-bond acceptors (Lipinski definition) is 7. The molecule has 0 atom stereocenters. The fourth-order valence-corrected chi connectivity index (χ4v) is 5.72. The molecule has 0 bridgehead atoms. The van der Waals surface area contributed by atoms with Gasteiger partial charge in [-0.3, -0.25) is 0 Å². The van der Waals surface area contributed by atoms with Crippen LogP contribution in [0.5, 0.6) is 0 Å². The highest BCUT2D eigenvalue weighted by Crippen LogP contribution is 2.37. The Kier molecular flexibility index (Phi) is 6.76. The molecule has 3 aromatic heterocycles. The second kappa shape index (κ2) is 9.98. The van der Waals surface area contributed by atoms with Crippen LogP contribution >= 0.6 is 35.2 Å². The molecule has 3 heterocycles. The summed E-state index contributed by atoms with van der Waals surface area (Å²) < 4.78 is 26.3. The summed E-state index contributed by atoms with van der Waals surface area (Å²) in [5, 5.41) is 8.69. The lowest BCUT2D eigenvalue weighted by Gasteiger charge is -2.08. The summed E-state index contributed by atoms with van der Waals surface area (Å²) in [5.41, 5.74) is 3.28. The van der Waals surface area contributed by atoms with E-state index in [1.807, 2.05) is 53.2 Å². The number of para-hydroxylation sites is 1. The molecule has 0 saturated carbocycles. The first-order chi connectivity index (χ1) is 17.3. The average Bonchev–Trinajstić information content (AvgIpc) is 3.50. The van der Waals surface area contributed by atoms with E-state index in [0.717, 1.165) is 38.2 Å². The molecule has 5 aromatic rings. The number of aromatic amines is 1. The minimum Gasteiger partial charge on any atom is -0.366 e. The topological polar surface area (TPSA) is 92.7 Å². The zero-order valence-corrected chi connectivity index (χ0v) is 22.2. The Morgan fingerprint density at radius 3 is 2.64 bits per heavy atom. The number of thiophene rings is 1. The Hall–Kier alpha value is -3.31. The summed E-state index contributed by atoms with van der Waals surface area (Å²) in [6.45, 7) is 0.453. The van der Waals surface area contributed by atoms with Crippen molar-refractivity contribution < 1.29 is 8.42 Å². The van der Waals surface area contributed by atoms with E-state index < -0.39 is 9.84 Å². The van der Waals surface area contributed by atoms with Crippen molar-refractivity contribution in [3.05, 3.63) is 94.5 Å². The van der Waals surface area contributed by atoms with Crippen molar-refractivity contribution in [1.29, 1.82) is 0 Å². The molecule has 0 radical (unpaired) electrons. The number of anilines is 1. The molecule has 7 nitrogen and oxygen atoms in total. The van der Waals surface area contributed by atoms with E-state index in [1.165, 1.54) is 6.26 Å². The lowest BCUT2D eigenvalue weighted by Crippen LogP contribution is -2.04. The summed E-state index contributed by atoms with van der Waals surface area (Å²) >= 11 is 13.2. The van der Waals surface area contributed by atoms with Crippen LogP contribution in [-0.2, 0) is 16.4 Å². The van der Waals surface area contributed by atoms with Crippen LogP contribution in [0.15, 0.2) is 83.9 Å². The fourth-order valence-electron chi connectivity index (χ4n) is 3.67. The minimum absolute atomic E-state index is 0.291. The summed E-state index contributed by atoms with van der Waals surface area (Å²) in [6.07, 6.45) is 2.85. The molecule has 2 N–H and O–H groups in total. The fraction of sp³-hybridized carbons (Fsp3) is 0.0800. The molecule has 0 fully saturated rings. The van der Waals surface area contributed by atoms with Crippen LogP contribution in [0.3, 0.4) is 0 Å². The lowest BCUT2D eigenvalue weighted by molar-refractivity contribution is 0.602. The van der Waals surface area contributed by atoms with Crippen molar-refractivity contribution in [3.8, 4) is 26.7 Å². The highest BCUT2D eigenvalue weighted by Gasteiger charge is 2.17. The third-order valence-corrected chi connectivity index (χ3v) is 8.17. The zero-order chi connectivity index (χ0) is 25.3. The molecule has 0 saturated heterocycles. The van der Waals surface area contributed by atoms with Crippen molar-refractivity contribution in [2.24, 2.45) is 0 Å². The molecule has 0 aliphatic heterocycles. The van der Waals surface area contributed by atoms with E-state index in [2.05, 4.69) is 15.3 Å². The van der Waals surface area contributed by atoms with Crippen molar-refractivity contribution >= 4 is 50.8 Å². The maximum absolute atomic E-state index is 12.0. The van der Waals surface area contributed by atoms with E-state index in [-0.39, 0.29) is 0 Å². The monoisotopic (exact) mass is 553 g/mol. The van der Waals surface area contributed by atoms with Crippen LogP contribution in [0.4, 0.5) is 5.82 Å². The van der Waals surface area contributed by atoms with Gasteiger partial charge in [0, 0.05) is 17.3 Å². The van der Waals surface area contributed by atoms with E-state index >= 15 is 0 Å². The molecule has 11 heteroatoms. The molecule has 182 valence electrons. The molecular weight excluding hydrogens is 534 g/mol. The Bertz CT molecular complexity index is 1720. The first-order valence-corrected chi connectivity index (χ1v) is 14.3. The summed E-state index contributed by atoms with van der Waals surface area (Å²) in [4.78, 5) is 9.22. The van der Waals surface area contributed by atoms with Gasteiger partial charge >= 0.3 is 0 Å². The van der Waals surface area contributed by atoms with Gasteiger partial charge in [0.15, 0.2) is 14.6 Å². The standard InChI is InChI=1S/C25H20ClN5O2S3/c1-36(32,33)18-6-4-5-16(13-18)22-9-10-23(35-22)21-14-17(15-28-24-11-12-27-25(34)29-24)30-31(21)20-8-3-2-7-19(20)26/h2-14H,15H2,1H3,(H2,27,28,29,34). The molecule has 0 aliphatic carbocycles. The number of aromatic nitrogens is 4. The second-order valence-electron chi connectivity index (χ2n) is 7.99. The predicted octanol–water partition coefficient (Wildman–Crippen LogP) is 6.39. The smallest absolute Gasteiger partial charge is 0.198 e. The highest BCUT2D eigenvalue weighted by molar-refractivity contribution is 7.90. The predicted molar refractivity (Wildman–Crippen MR) is 147 cm³/mol. The van der Waals surface area contributed by atoms with E-state index in [9.17, 15) is 8.42 Å². The summed E-state index contributed by atoms with van der Waals surface area (Å²) in [7, 11) is -3.30. The van der Waals surface area contributed by atoms with E-state index in [4.69, 9.17) is 28.9 Å². The average molecular weight is 554 g/mol. The maximum Gasteiger partial charge on any atom is 0.198 e. The van der Waals surface area contributed by atoms with Gasteiger partial charge in [-0.25, -0.2) is 18.1 Å². The number of H-pyrrole nitrogens is 1. The van der Waals surface area contributed by atoms with Crippen molar-refractivity contribution in [3.63, 3.8) is 0 Å². The van der Waals surface area contributed by atoms with Gasteiger partial charge in [0.1, 0.15) is 5.82 Å². The largest absolute Gasteiger partial charge is 0.366 e. The molecule has 0 amide bonds. The van der Waals surface area contributed by atoms with E-state index in [0.29, 0.717) is 21.2 Å². The lowest BCUT2D eigenvalue weighted by atomic mass is 10.2. The maximum atomic E-state index is 12.0. The normalized spacial score (nSPS) is 11.5. The molecule has 0 unspecified atom stereocenters. The first-order valence-electron chi connectivity index (χ1n) is 10.8. The first kappa shape index (κ1) is 24.4. The van der Waals surface area contributed by atoms with Gasteiger partial charge in [0.2, 0.25) is 0 Å². The Balaban J connectivity index is 1.53. The highest BCUT2D eigenvalue weighted by atomic mass is 35.5. The van der Waals surface area contributed by atoms with Crippen LogP contribution in [0.2, 0.25) is 5.02 Å². The van der Waals surface area contributed by atoms with Crippen LogP contribution in [0, 0.1) is 4.77 Å². The van der Waals surface area contributed by atoms with Gasteiger partial charge in [0.25, 0.3) is 0 Å². The van der Waals surface area contributed by atoms with Crippen LogP contribution in [0.25, 0.3) is 26.7 Å². The van der Waals surface area contributed by atoms with E-state index in [1.54, 1.807) is 41.8 Å². The molecule has 0 spiro atoms. The number of hydrogen-bond donors (Lipinski definition) is 2. The molecule has 2 aromatic carbocycles. The molecule has 36 heavy (non-hydrogen) atoms. The number of benzene rings is 2. The summed E-state index contributed by atoms with van der Waals surface area (Å²) in [5.74, 6) is 0.744. The van der Waals surface area contributed by atoms with Gasteiger partial charge in [-0.2, -0.15) is 5.10 Å². The van der Waals surface area contributed by atoms with Gasteiger partial charge < -0.3 is 10.3 Å². The summed E-state index contributed by atoms with van der Waals surface area (Å²) in [6, 6.07) is 22.3. The van der Waals surface area contributed by atoms with Crippen molar-refractivity contribution in [1.82, 2.24) is 19.7 Å². The number of nitrogens with zero attached hydrogens (tertiary/aromatic N) is 3. The Labute approximate surface area is 222 Å². The second-order valence-corrected chi connectivity index (χ2v) is 11.9. The van der Waals surface area contributed by atoms with Crippen LogP contribution < -0.4 is 5.32 Å². The molecular formula is C25H20ClN5O2S3. The van der Waals surface area contributed by atoms with Crippen molar-refractivity contribution in [2.45, 2.75) is 11.4 Å². The quantitative estimate of drug-likeness (QED) is 0.227.